The van der Waals surface area contributed by atoms with E-state index in [0.717, 1.165) is 48.0 Å². The Bertz CT molecular complexity index is 855. The average Bonchev–Trinajstić information content (AvgIpc) is 3.00. The molecule has 0 bridgehead atoms. The van der Waals surface area contributed by atoms with E-state index >= 15 is 0 Å². The van der Waals surface area contributed by atoms with Gasteiger partial charge in [0.1, 0.15) is 28.2 Å². The van der Waals surface area contributed by atoms with Crippen LogP contribution in [0.3, 0.4) is 0 Å². The predicted octanol–water partition coefficient (Wildman–Crippen LogP) is 4.04. The minimum absolute atomic E-state index is 0.268. The molecule has 0 fully saturated rings. The molecule has 0 aliphatic rings. The van der Waals surface area contributed by atoms with Gasteiger partial charge in [-0.1, -0.05) is 32.8 Å². The fourth-order valence-corrected chi connectivity index (χ4v) is 2.92. The van der Waals surface area contributed by atoms with Gasteiger partial charge in [0.15, 0.2) is 0 Å². The number of hydrogen-bond donors (Lipinski definition) is 1. The monoisotopic (exact) mass is 325 g/mol. The number of aromatic nitrogens is 3. The summed E-state index contributed by atoms with van der Waals surface area (Å²) in [5.74, 6) is 1.01. The number of methoxy groups -OCH3 is 1. The zero-order chi connectivity index (χ0) is 17.1. The van der Waals surface area contributed by atoms with Gasteiger partial charge in [0.05, 0.1) is 7.11 Å². The summed E-state index contributed by atoms with van der Waals surface area (Å²) in [6.45, 7) is 4.26. The van der Waals surface area contributed by atoms with Crippen molar-refractivity contribution in [3.63, 3.8) is 0 Å². The highest BCUT2D eigenvalue weighted by Gasteiger charge is 2.14. The predicted molar refractivity (Wildman–Crippen MR) is 95.1 cm³/mol. The van der Waals surface area contributed by atoms with E-state index in [1.807, 2.05) is 24.3 Å². The summed E-state index contributed by atoms with van der Waals surface area (Å²) in [5.41, 5.74) is 4.31. The summed E-state index contributed by atoms with van der Waals surface area (Å²) in [6.07, 6.45) is 3.85. The Balaban J connectivity index is 2.13. The van der Waals surface area contributed by atoms with Gasteiger partial charge in [-0.3, -0.25) is 0 Å². The maximum Gasteiger partial charge on any atom is 0.146 e. The zero-order valence-corrected chi connectivity index (χ0v) is 14.4. The lowest BCUT2D eigenvalue weighted by Gasteiger charge is -2.11. The highest BCUT2D eigenvalue weighted by atomic mass is 16.5. The summed E-state index contributed by atoms with van der Waals surface area (Å²) in [4.78, 5) is 1.53. The molecule has 1 N–H and O–H groups in total. The molecular weight excluding hydrogens is 302 g/mol. The molecule has 24 heavy (non-hydrogen) atoms. The first kappa shape index (κ1) is 16.3. The van der Waals surface area contributed by atoms with Crippen molar-refractivity contribution in [2.24, 2.45) is 0 Å². The second-order valence-electron chi connectivity index (χ2n) is 5.97. The first-order chi connectivity index (χ1) is 11.7. The van der Waals surface area contributed by atoms with E-state index in [1.54, 1.807) is 7.11 Å². The first-order valence-corrected chi connectivity index (χ1v) is 8.42. The Hall–Kier alpha value is -2.56. The Morgan fingerprint density at radius 1 is 1.00 bits per heavy atom. The maximum absolute atomic E-state index is 10.7. The van der Waals surface area contributed by atoms with Crippen molar-refractivity contribution in [3.05, 3.63) is 41.5 Å². The number of aryl methyl sites for hydroxylation is 2. The van der Waals surface area contributed by atoms with E-state index in [4.69, 9.17) is 4.74 Å². The largest absolute Gasteiger partial charge is 0.505 e. The zero-order valence-electron chi connectivity index (χ0n) is 14.4. The van der Waals surface area contributed by atoms with Crippen LogP contribution in [0.4, 0.5) is 0 Å². The Kier molecular flexibility index (Phi) is 4.69. The van der Waals surface area contributed by atoms with Crippen molar-refractivity contribution in [1.82, 2.24) is 15.0 Å². The second-order valence-corrected chi connectivity index (χ2v) is 5.97. The number of nitrogens with zero attached hydrogens (tertiary/aromatic N) is 3. The standard InChI is InChI=1S/C19H23N3O2/c1-4-6-13-10-14(7-5-2)19(23)18(11-13)22-20-16-9-8-15(24-3)12-17(16)21-22/h8-12,23H,4-7H2,1-3H3. The molecular formula is C19H23N3O2. The molecule has 0 aliphatic carbocycles. The number of rotatable bonds is 6. The molecule has 126 valence electrons. The molecule has 0 unspecified atom stereocenters. The number of benzene rings is 2. The normalized spacial score (nSPS) is 11.1. The molecule has 5 heteroatoms. The van der Waals surface area contributed by atoms with Crippen LogP contribution in [0.25, 0.3) is 16.7 Å². The third kappa shape index (κ3) is 3.07. The van der Waals surface area contributed by atoms with Gasteiger partial charge in [-0.05, 0) is 42.2 Å². The fourth-order valence-electron chi connectivity index (χ4n) is 2.92. The van der Waals surface area contributed by atoms with Crippen molar-refractivity contribution < 1.29 is 9.84 Å². The van der Waals surface area contributed by atoms with Crippen molar-refractivity contribution >= 4 is 11.0 Å². The van der Waals surface area contributed by atoms with Crippen molar-refractivity contribution in [1.29, 1.82) is 0 Å². The van der Waals surface area contributed by atoms with Gasteiger partial charge in [-0.25, -0.2) is 0 Å². The molecule has 0 spiro atoms. The number of phenols is 1. The van der Waals surface area contributed by atoms with Gasteiger partial charge in [0.25, 0.3) is 0 Å². The summed E-state index contributed by atoms with van der Waals surface area (Å²) in [6, 6.07) is 9.65. The SMILES string of the molecule is CCCc1cc(CCC)c(O)c(-n2nc3ccc(OC)cc3n2)c1. The lowest BCUT2D eigenvalue weighted by molar-refractivity contribution is 0.415. The topological polar surface area (TPSA) is 60.2 Å². The number of hydrogen-bond acceptors (Lipinski definition) is 4. The lowest BCUT2D eigenvalue weighted by atomic mass is 10.0. The van der Waals surface area contributed by atoms with E-state index in [9.17, 15) is 5.11 Å². The second kappa shape index (κ2) is 6.91. The van der Waals surface area contributed by atoms with E-state index in [1.165, 1.54) is 10.4 Å². The van der Waals surface area contributed by atoms with E-state index in [-0.39, 0.29) is 5.75 Å². The third-order valence-corrected chi connectivity index (χ3v) is 4.09. The Labute approximate surface area is 141 Å². The molecule has 0 saturated carbocycles. The summed E-state index contributed by atoms with van der Waals surface area (Å²) >= 11 is 0. The van der Waals surface area contributed by atoms with Crippen LogP contribution in [0.1, 0.15) is 37.8 Å². The van der Waals surface area contributed by atoms with Crippen LogP contribution in [0, 0.1) is 0 Å². The number of aromatic hydroxyl groups is 1. The van der Waals surface area contributed by atoms with E-state index in [0.29, 0.717) is 5.69 Å². The van der Waals surface area contributed by atoms with E-state index < -0.39 is 0 Å². The average molecular weight is 325 g/mol. The minimum Gasteiger partial charge on any atom is -0.505 e. The van der Waals surface area contributed by atoms with Gasteiger partial charge in [-0.2, -0.15) is 0 Å². The number of phenolic OH excluding ortho intramolecular Hbond substituents is 1. The van der Waals surface area contributed by atoms with Crippen molar-refractivity contribution in [2.75, 3.05) is 7.11 Å². The highest BCUT2D eigenvalue weighted by molar-refractivity contribution is 5.76. The van der Waals surface area contributed by atoms with Crippen LogP contribution >= 0.6 is 0 Å². The molecule has 3 aromatic rings. The van der Waals surface area contributed by atoms with Crippen LogP contribution < -0.4 is 4.74 Å². The van der Waals surface area contributed by atoms with Crippen molar-refractivity contribution in [2.45, 2.75) is 39.5 Å². The molecule has 0 aliphatic heterocycles. The molecule has 1 heterocycles. The van der Waals surface area contributed by atoms with Crippen LogP contribution in [0.2, 0.25) is 0 Å². The molecule has 5 nitrogen and oxygen atoms in total. The molecule has 2 aromatic carbocycles. The summed E-state index contributed by atoms with van der Waals surface area (Å²) < 4.78 is 5.24. The first-order valence-electron chi connectivity index (χ1n) is 8.42. The van der Waals surface area contributed by atoms with Gasteiger partial charge in [-0.15, -0.1) is 15.0 Å². The van der Waals surface area contributed by atoms with Crippen LogP contribution in [0.5, 0.6) is 11.5 Å². The Morgan fingerprint density at radius 2 is 1.75 bits per heavy atom. The number of ether oxygens (including phenoxy) is 1. The van der Waals surface area contributed by atoms with Gasteiger partial charge >= 0.3 is 0 Å². The van der Waals surface area contributed by atoms with Crippen LogP contribution in [-0.4, -0.2) is 27.2 Å². The minimum atomic E-state index is 0.268. The Morgan fingerprint density at radius 3 is 2.46 bits per heavy atom. The quantitative estimate of drug-likeness (QED) is 0.743. The van der Waals surface area contributed by atoms with Crippen LogP contribution in [0.15, 0.2) is 30.3 Å². The van der Waals surface area contributed by atoms with Gasteiger partial charge < -0.3 is 9.84 Å². The molecule has 0 amide bonds. The maximum atomic E-state index is 10.7. The van der Waals surface area contributed by atoms with Gasteiger partial charge in [0.2, 0.25) is 0 Å². The smallest absolute Gasteiger partial charge is 0.146 e. The summed E-state index contributed by atoms with van der Waals surface area (Å²) in [5, 5.41) is 19.7. The fraction of sp³-hybridized carbons (Fsp3) is 0.368. The molecule has 1 aromatic heterocycles. The lowest BCUT2D eigenvalue weighted by Crippen LogP contribution is -2.03. The highest BCUT2D eigenvalue weighted by Crippen LogP contribution is 2.30. The van der Waals surface area contributed by atoms with E-state index in [2.05, 4.69) is 30.1 Å². The molecule has 0 saturated heterocycles. The molecule has 0 radical (unpaired) electrons. The molecule has 3 rings (SSSR count). The van der Waals surface area contributed by atoms with Crippen molar-refractivity contribution in [3.8, 4) is 17.2 Å². The number of fused-ring (bicyclic) bond motifs is 1. The summed E-state index contributed by atoms with van der Waals surface area (Å²) in [7, 11) is 1.63. The molecule has 0 atom stereocenters. The van der Waals surface area contributed by atoms with Crippen LogP contribution in [-0.2, 0) is 12.8 Å². The van der Waals surface area contributed by atoms with Gasteiger partial charge in [0, 0.05) is 6.07 Å². The third-order valence-electron chi connectivity index (χ3n) is 4.09.